The van der Waals surface area contributed by atoms with E-state index in [0.717, 1.165) is 5.56 Å². The number of aryl methyl sites for hydroxylation is 2. The minimum absolute atomic E-state index is 0.106. The van der Waals surface area contributed by atoms with Crippen molar-refractivity contribution in [2.75, 3.05) is 13.7 Å². The summed E-state index contributed by atoms with van der Waals surface area (Å²) in [5.41, 5.74) is 2.48. The highest BCUT2D eigenvalue weighted by atomic mass is 19.2. The molecule has 0 fully saturated rings. The topological polar surface area (TPSA) is 18.5 Å². The number of ether oxygens (including phenoxy) is 2. The lowest BCUT2D eigenvalue weighted by Gasteiger charge is -2.11. The second-order valence-electron chi connectivity index (χ2n) is 8.00. The average Bonchev–Trinajstić information content (AvgIpc) is 2.88. The van der Waals surface area contributed by atoms with E-state index in [1.54, 1.807) is 67.6 Å². The number of halogens is 4. The van der Waals surface area contributed by atoms with Crippen molar-refractivity contribution < 1.29 is 27.0 Å². The molecule has 0 saturated heterocycles. The molecule has 35 heavy (non-hydrogen) atoms. The molecule has 0 heterocycles. The maximum absolute atomic E-state index is 14.9. The van der Waals surface area contributed by atoms with Crippen molar-refractivity contribution in [3.63, 3.8) is 0 Å². The van der Waals surface area contributed by atoms with Crippen LogP contribution in [0.3, 0.4) is 0 Å². The van der Waals surface area contributed by atoms with Gasteiger partial charge in [0.15, 0.2) is 23.2 Å². The molecule has 0 aliphatic rings. The maximum Gasteiger partial charge on any atom is 0.200 e. The maximum atomic E-state index is 14.9. The van der Waals surface area contributed by atoms with Crippen LogP contribution >= 0.6 is 0 Å². The lowest BCUT2D eigenvalue weighted by molar-refractivity contribution is 0.313. The summed E-state index contributed by atoms with van der Waals surface area (Å²) in [5.74, 6) is -3.24. The number of rotatable bonds is 8. The van der Waals surface area contributed by atoms with Crippen molar-refractivity contribution in [1.29, 1.82) is 0 Å². The molecular formula is C29H24F4O2. The molecule has 0 aliphatic heterocycles. The van der Waals surface area contributed by atoms with Gasteiger partial charge in [-0.15, -0.1) is 0 Å². The standard InChI is InChI=1S/C29H24F4O2/c1-3-35-25-17-12-21(26(30)29(25)33)9-6-18-4-7-19(8-5-18)23-15-16-24(28(32)27(23)31)20-10-13-22(34-2)14-11-20/h4-5,7-8,10-17H,3,6,9H2,1-2H3. The van der Waals surface area contributed by atoms with E-state index in [2.05, 4.69) is 0 Å². The molecule has 0 unspecified atom stereocenters. The molecular weight excluding hydrogens is 456 g/mol. The molecule has 2 nitrogen and oxygen atoms in total. The molecule has 0 spiro atoms. The van der Waals surface area contributed by atoms with Crippen molar-refractivity contribution in [2.45, 2.75) is 19.8 Å². The van der Waals surface area contributed by atoms with Gasteiger partial charge in [-0.25, -0.2) is 13.2 Å². The van der Waals surface area contributed by atoms with Crippen molar-refractivity contribution in [1.82, 2.24) is 0 Å². The highest BCUT2D eigenvalue weighted by Gasteiger charge is 2.17. The van der Waals surface area contributed by atoms with Gasteiger partial charge in [-0.1, -0.05) is 54.6 Å². The van der Waals surface area contributed by atoms with Crippen molar-refractivity contribution >= 4 is 0 Å². The van der Waals surface area contributed by atoms with Crippen LogP contribution in [0.1, 0.15) is 18.1 Å². The summed E-state index contributed by atoms with van der Waals surface area (Å²) in [5, 5.41) is 0. The Morgan fingerprint density at radius 1 is 0.600 bits per heavy atom. The first-order chi connectivity index (χ1) is 16.9. The van der Waals surface area contributed by atoms with E-state index >= 15 is 0 Å². The van der Waals surface area contributed by atoms with E-state index < -0.39 is 23.3 Å². The Labute approximate surface area is 201 Å². The largest absolute Gasteiger partial charge is 0.497 e. The second-order valence-corrected chi connectivity index (χ2v) is 8.00. The Balaban J connectivity index is 1.50. The van der Waals surface area contributed by atoms with Crippen molar-refractivity contribution in [3.05, 3.63) is 107 Å². The quantitative estimate of drug-likeness (QED) is 0.240. The van der Waals surface area contributed by atoms with Gasteiger partial charge < -0.3 is 9.47 Å². The number of methoxy groups -OCH3 is 1. The molecule has 0 aliphatic carbocycles. The minimum Gasteiger partial charge on any atom is -0.497 e. The summed E-state index contributed by atoms with van der Waals surface area (Å²) in [6.45, 7) is 1.95. The van der Waals surface area contributed by atoms with Gasteiger partial charge in [-0.3, -0.25) is 0 Å². The van der Waals surface area contributed by atoms with Gasteiger partial charge in [0.25, 0.3) is 0 Å². The SMILES string of the molecule is CCOc1ccc(CCc2ccc(-c3ccc(-c4ccc(OC)cc4)c(F)c3F)cc2)c(F)c1F. The zero-order valence-electron chi connectivity index (χ0n) is 19.4. The summed E-state index contributed by atoms with van der Waals surface area (Å²) in [6, 6.07) is 19.7. The van der Waals surface area contributed by atoms with Crippen LogP contribution < -0.4 is 9.47 Å². The Morgan fingerprint density at radius 2 is 1.17 bits per heavy atom. The molecule has 6 heteroatoms. The van der Waals surface area contributed by atoms with Gasteiger partial charge in [0, 0.05) is 11.1 Å². The minimum atomic E-state index is -0.990. The monoisotopic (exact) mass is 480 g/mol. The van der Waals surface area contributed by atoms with Gasteiger partial charge in [0.1, 0.15) is 5.75 Å². The van der Waals surface area contributed by atoms with Gasteiger partial charge in [0.2, 0.25) is 5.82 Å². The van der Waals surface area contributed by atoms with E-state index in [-0.39, 0.29) is 35.5 Å². The van der Waals surface area contributed by atoms with Crippen LogP contribution in [0, 0.1) is 23.3 Å². The average molecular weight is 481 g/mol. The number of hydrogen-bond acceptors (Lipinski definition) is 2. The lowest BCUT2D eigenvalue weighted by Crippen LogP contribution is -2.02. The first-order valence-electron chi connectivity index (χ1n) is 11.2. The molecule has 0 bridgehead atoms. The molecule has 4 aromatic rings. The zero-order valence-corrected chi connectivity index (χ0v) is 19.4. The first-order valence-corrected chi connectivity index (χ1v) is 11.2. The highest BCUT2D eigenvalue weighted by molar-refractivity contribution is 5.72. The van der Waals surface area contributed by atoms with Crippen molar-refractivity contribution in [3.8, 4) is 33.8 Å². The van der Waals surface area contributed by atoms with Crippen LogP contribution in [0.15, 0.2) is 72.8 Å². The second kappa shape index (κ2) is 10.6. The fourth-order valence-corrected chi connectivity index (χ4v) is 3.93. The number of hydrogen-bond donors (Lipinski definition) is 0. The summed E-state index contributed by atoms with van der Waals surface area (Å²) < 4.78 is 68.4. The van der Waals surface area contributed by atoms with Gasteiger partial charge in [-0.2, -0.15) is 4.39 Å². The van der Waals surface area contributed by atoms with Crippen LogP contribution in [0.25, 0.3) is 22.3 Å². The lowest BCUT2D eigenvalue weighted by atomic mass is 9.97. The first kappa shape index (κ1) is 24.3. The zero-order chi connectivity index (χ0) is 24.9. The Morgan fingerprint density at radius 3 is 1.71 bits per heavy atom. The summed E-state index contributed by atoms with van der Waals surface area (Å²) in [4.78, 5) is 0. The Kier molecular flexibility index (Phi) is 7.39. The molecule has 0 aromatic heterocycles. The summed E-state index contributed by atoms with van der Waals surface area (Å²) in [6.07, 6.45) is 0.742. The van der Waals surface area contributed by atoms with E-state index in [0.29, 0.717) is 23.3 Å². The van der Waals surface area contributed by atoms with E-state index in [4.69, 9.17) is 9.47 Å². The van der Waals surface area contributed by atoms with Crippen molar-refractivity contribution in [2.24, 2.45) is 0 Å². The molecule has 4 aromatic carbocycles. The number of benzene rings is 4. The molecule has 0 radical (unpaired) electrons. The Bertz CT molecular complexity index is 1320. The molecule has 180 valence electrons. The molecule has 0 saturated carbocycles. The summed E-state index contributed by atoms with van der Waals surface area (Å²) >= 11 is 0. The Hall–Kier alpha value is -3.80. The van der Waals surface area contributed by atoms with Crippen LogP contribution in [0.4, 0.5) is 17.6 Å². The predicted octanol–water partition coefficient (Wildman–Crippen LogP) is 7.77. The van der Waals surface area contributed by atoms with Gasteiger partial charge >= 0.3 is 0 Å². The normalized spacial score (nSPS) is 10.9. The van der Waals surface area contributed by atoms with Crippen LogP contribution in [0.5, 0.6) is 11.5 Å². The summed E-state index contributed by atoms with van der Waals surface area (Å²) in [7, 11) is 1.54. The molecule has 0 N–H and O–H groups in total. The fraction of sp³-hybridized carbons (Fsp3) is 0.172. The van der Waals surface area contributed by atoms with Crippen LogP contribution in [-0.2, 0) is 12.8 Å². The predicted molar refractivity (Wildman–Crippen MR) is 129 cm³/mol. The van der Waals surface area contributed by atoms with E-state index in [9.17, 15) is 17.6 Å². The molecule has 0 amide bonds. The van der Waals surface area contributed by atoms with E-state index in [1.807, 2.05) is 0 Å². The van der Waals surface area contributed by atoms with E-state index in [1.165, 1.54) is 19.2 Å². The fourth-order valence-electron chi connectivity index (χ4n) is 3.93. The third kappa shape index (κ3) is 5.16. The third-order valence-electron chi connectivity index (χ3n) is 5.86. The molecule has 0 atom stereocenters. The molecule has 4 rings (SSSR count). The third-order valence-corrected chi connectivity index (χ3v) is 5.86. The van der Waals surface area contributed by atoms with Crippen LogP contribution in [0.2, 0.25) is 0 Å². The smallest absolute Gasteiger partial charge is 0.200 e. The highest BCUT2D eigenvalue weighted by Crippen LogP contribution is 2.32. The van der Waals surface area contributed by atoms with Gasteiger partial charge in [0.05, 0.1) is 13.7 Å². The van der Waals surface area contributed by atoms with Crippen LogP contribution in [-0.4, -0.2) is 13.7 Å². The van der Waals surface area contributed by atoms with Gasteiger partial charge in [-0.05, 0) is 60.2 Å².